The summed E-state index contributed by atoms with van der Waals surface area (Å²) in [6.45, 7) is 5.42. The van der Waals surface area contributed by atoms with Crippen LogP contribution in [-0.2, 0) is 32.6 Å². The third kappa shape index (κ3) is 8.21. The molecule has 0 aromatic heterocycles. The molecule has 0 bridgehead atoms. The van der Waals surface area contributed by atoms with Crippen LogP contribution >= 0.6 is 23.2 Å². The molecule has 1 N–H and O–H groups in total. The summed E-state index contributed by atoms with van der Waals surface area (Å²) in [7, 11) is -3.84. The van der Waals surface area contributed by atoms with Crippen molar-refractivity contribution in [2.24, 2.45) is 0 Å². The molecule has 0 heterocycles. The topological polar surface area (TPSA) is 86.8 Å². The van der Waals surface area contributed by atoms with Gasteiger partial charge in [-0.2, -0.15) is 0 Å². The molecule has 0 aliphatic carbocycles. The molecule has 39 heavy (non-hydrogen) atoms. The Balaban J connectivity index is 2.07. The van der Waals surface area contributed by atoms with E-state index in [-0.39, 0.29) is 18.9 Å². The Morgan fingerprint density at radius 2 is 1.62 bits per heavy atom. The van der Waals surface area contributed by atoms with Crippen molar-refractivity contribution in [2.75, 3.05) is 23.7 Å². The highest BCUT2D eigenvalue weighted by Crippen LogP contribution is 2.26. The molecule has 10 heteroatoms. The van der Waals surface area contributed by atoms with Crippen molar-refractivity contribution >= 4 is 50.7 Å². The Kier molecular flexibility index (Phi) is 10.4. The van der Waals surface area contributed by atoms with Gasteiger partial charge in [-0.15, -0.1) is 0 Å². The number of likely N-dealkylation sites (N-methyl/N-ethyl adjacent to an activating group) is 1. The zero-order valence-corrected chi connectivity index (χ0v) is 24.8. The smallest absolute Gasteiger partial charge is 0.244 e. The molecule has 3 aromatic carbocycles. The highest BCUT2D eigenvalue weighted by molar-refractivity contribution is 7.92. The maximum absolute atomic E-state index is 14.0. The van der Waals surface area contributed by atoms with Crippen molar-refractivity contribution in [3.05, 3.63) is 99.0 Å². The first-order valence-corrected chi connectivity index (χ1v) is 15.1. The number of aryl methyl sites for hydroxylation is 2. The summed E-state index contributed by atoms with van der Waals surface area (Å²) in [5, 5.41) is 3.50. The number of sulfonamides is 1. The second-order valence-corrected chi connectivity index (χ2v) is 12.2. The zero-order chi connectivity index (χ0) is 28.7. The largest absolute Gasteiger partial charge is 0.355 e. The van der Waals surface area contributed by atoms with Gasteiger partial charge in [0.2, 0.25) is 21.8 Å². The first-order chi connectivity index (χ1) is 18.4. The van der Waals surface area contributed by atoms with Crippen molar-refractivity contribution in [3.63, 3.8) is 0 Å². The molecule has 0 unspecified atom stereocenters. The number of hydrogen-bond acceptors (Lipinski definition) is 4. The van der Waals surface area contributed by atoms with Gasteiger partial charge in [-0.3, -0.25) is 13.9 Å². The van der Waals surface area contributed by atoms with Crippen LogP contribution in [0.3, 0.4) is 0 Å². The van der Waals surface area contributed by atoms with Gasteiger partial charge in [0.05, 0.1) is 22.0 Å². The molecule has 0 aliphatic rings. The molecular formula is C29H33Cl2N3O4S. The summed E-state index contributed by atoms with van der Waals surface area (Å²) in [4.78, 5) is 28.8. The number of amides is 2. The van der Waals surface area contributed by atoms with E-state index >= 15 is 0 Å². The van der Waals surface area contributed by atoms with Crippen molar-refractivity contribution in [1.29, 1.82) is 0 Å². The van der Waals surface area contributed by atoms with Crippen LogP contribution in [0.5, 0.6) is 0 Å². The molecule has 1 atom stereocenters. The van der Waals surface area contributed by atoms with Crippen LogP contribution in [0.2, 0.25) is 10.0 Å². The Hall–Kier alpha value is -3.07. The van der Waals surface area contributed by atoms with Crippen LogP contribution in [-0.4, -0.2) is 50.5 Å². The van der Waals surface area contributed by atoms with E-state index < -0.39 is 28.5 Å². The monoisotopic (exact) mass is 589 g/mol. The van der Waals surface area contributed by atoms with E-state index in [1.807, 2.05) is 43.3 Å². The number of nitrogens with zero attached hydrogens (tertiary/aromatic N) is 2. The molecule has 0 saturated heterocycles. The third-order valence-electron chi connectivity index (χ3n) is 6.26. The predicted octanol–water partition coefficient (Wildman–Crippen LogP) is 5.15. The molecule has 0 spiro atoms. The fraction of sp³-hybridized carbons (Fsp3) is 0.310. The number of nitrogens with one attached hydrogen (secondary N) is 1. The summed E-state index contributed by atoms with van der Waals surface area (Å²) in [5.41, 5.74) is 3.60. The van der Waals surface area contributed by atoms with E-state index in [9.17, 15) is 18.0 Å². The van der Waals surface area contributed by atoms with Crippen LogP contribution in [0.4, 0.5) is 5.69 Å². The van der Waals surface area contributed by atoms with Gasteiger partial charge in [-0.25, -0.2) is 8.42 Å². The van der Waals surface area contributed by atoms with Crippen molar-refractivity contribution in [3.8, 4) is 0 Å². The lowest BCUT2D eigenvalue weighted by atomic mass is 10.0. The van der Waals surface area contributed by atoms with Crippen LogP contribution in [0, 0.1) is 13.8 Å². The SMILES string of the molecule is CCNC(=O)[C@H](Cc1ccccc1)N(Cc1ccc(Cl)c(Cl)c1)C(=O)CN(c1ccc(C)cc1C)S(C)(=O)=O. The van der Waals surface area contributed by atoms with Gasteiger partial charge >= 0.3 is 0 Å². The van der Waals surface area contributed by atoms with E-state index in [0.29, 0.717) is 33.4 Å². The van der Waals surface area contributed by atoms with Crippen LogP contribution in [0.1, 0.15) is 29.2 Å². The number of carbonyl (C=O) groups excluding carboxylic acids is 2. The summed E-state index contributed by atoms with van der Waals surface area (Å²) < 4.78 is 26.9. The standard InChI is InChI=1S/C29H33Cl2N3O4S/c1-5-32-29(36)27(17-22-9-7-6-8-10-22)33(18-23-12-13-24(30)25(31)16-23)28(35)19-34(39(4,37)38)26-14-11-20(2)15-21(26)3/h6-16,27H,5,17-19H2,1-4H3,(H,32,36)/t27-/m0/s1. The number of hydrogen-bond donors (Lipinski definition) is 1. The molecule has 3 rings (SSSR count). The fourth-order valence-electron chi connectivity index (χ4n) is 4.36. The van der Waals surface area contributed by atoms with Crippen molar-refractivity contribution in [1.82, 2.24) is 10.2 Å². The Labute approximate surface area is 240 Å². The van der Waals surface area contributed by atoms with Gasteiger partial charge in [0, 0.05) is 19.5 Å². The highest BCUT2D eigenvalue weighted by Gasteiger charge is 2.33. The molecule has 0 aliphatic heterocycles. The highest BCUT2D eigenvalue weighted by atomic mass is 35.5. The van der Waals surface area contributed by atoms with Crippen LogP contribution in [0.25, 0.3) is 0 Å². The van der Waals surface area contributed by atoms with Gasteiger partial charge < -0.3 is 10.2 Å². The lowest BCUT2D eigenvalue weighted by molar-refractivity contribution is -0.140. The lowest BCUT2D eigenvalue weighted by Crippen LogP contribution is -2.53. The van der Waals surface area contributed by atoms with E-state index in [1.165, 1.54) is 4.90 Å². The molecule has 208 valence electrons. The molecule has 3 aromatic rings. The number of carbonyl (C=O) groups is 2. The quantitative estimate of drug-likeness (QED) is 0.335. The van der Waals surface area contributed by atoms with Gasteiger partial charge in [0.15, 0.2) is 0 Å². The van der Waals surface area contributed by atoms with Gasteiger partial charge in [-0.1, -0.05) is 77.3 Å². The Morgan fingerprint density at radius 3 is 2.21 bits per heavy atom. The minimum Gasteiger partial charge on any atom is -0.355 e. The normalized spacial score (nSPS) is 12.1. The maximum Gasteiger partial charge on any atom is 0.244 e. The number of halogens is 2. The number of benzene rings is 3. The third-order valence-corrected chi connectivity index (χ3v) is 8.12. The van der Waals surface area contributed by atoms with E-state index in [4.69, 9.17) is 23.2 Å². The van der Waals surface area contributed by atoms with E-state index in [2.05, 4.69) is 5.32 Å². The predicted molar refractivity (Wildman–Crippen MR) is 158 cm³/mol. The Morgan fingerprint density at radius 1 is 0.923 bits per heavy atom. The van der Waals surface area contributed by atoms with Gasteiger partial charge in [0.1, 0.15) is 12.6 Å². The second-order valence-electron chi connectivity index (χ2n) is 9.43. The lowest BCUT2D eigenvalue weighted by Gasteiger charge is -2.33. The molecule has 7 nitrogen and oxygen atoms in total. The van der Waals surface area contributed by atoms with Crippen LogP contribution in [0.15, 0.2) is 66.7 Å². The summed E-state index contributed by atoms with van der Waals surface area (Å²) in [6, 6.07) is 18.8. The summed E-state index contributed by atoms with van der Waals surface area (Å²) in [5.74, 6) is -0.870. The molecule has 0 radical (unpaired) electrons. The molecule has 0 saturated carbocycles. The molecular weight excluding hydrogens is 557 g/mol. The second kappa shape index (κ2) is 13.3. The zero-order valence-electron chi connectivity index (χ0n) is 22.4. The minimum absolute atomic E-state index is 0.0227. The van der Waals surface area contributed by atoms with Gasteiger partial charge in [0.25, 0.3) is 0 Å². The minimum atomic E-state index is -3.84. The Bertz CT molecular complexity index is 1430. The maximum atomic E-state index is 14.0. The number of rotatable bonds is 11. The van der Waals surface area contributed by atoms with Crippen LogP contribution < -0.4 is 9.62 Å². The first-order valence-electron chi connectivity index (χ1n) is 12.5. The molecule has 2 amide bonds. The van der Waals surface area contributed by atoms with Crippen molar-refractivity contribution < 1.29 is 18.0 Å². The number of anilines is 1. The summed E-state index contributed by atoms with van der Waals surface area (Å²) in [6.07, 6.45) is 1.30. The molecule has 0 fully saturated rings. The fourth-order valence-corrected chi connectivity index (χ4v) is 5.59. The van der Waals surface area contributed by atoms with E-state index in [1.54, 1.807) is 44.2 Å². The average Bonchev–Trinajstić information content (AvgIpc) is 2.87. The average molecular weight is 591 g/mol. The summed E-state index contributed by atoms with van der Waals surface area (Å²) >= 11 is 12.4. The first kappa shape index (κ1) is 30.5. The van der Waals surface area contributed by atoms with Crippen molar-refractivity contribution in [2.45, 2.75) is 39.8 Å². The van der Waals surface area contributed by atoms with E-state index in [0.717, 1.165) is 21.7 Å². The van der Waals surface area contributed by atoms with Gasteiger partial charge in [-0.05, 0) is 55.7 Å².